The van der Waals surface area contributed by atoms with E-state index >= 15 is 0 Å². The summed E-state index contributed by atoms with van der Waals surface area (Å²) >= 11 is 0. The van der Waals surface area contributed by atoms with Gasteiger partial charge in [-0.3, -0.25) is 9.59 Å². The van der Waals surface area contributed by atoms with Crippen LogP contribution in [-0.2, 0) is 33.3 Å². The summed E-state index contributed by atoms with van der Waals surface area (Å²) in [6.07, 6.45) is 73.4. The molecule has 0 fully saturated rings. The van der Waals surface area contributed by atoms with Crippen molar-refractivity contribution >= 4 is 17.9 Å². The number of quaternary nitrogens is 1. The third-order valence-electron chi connectivity index (χ3n) is 14.3. The van der Waals surface area contributed by atoms with E-state index in [0.29, 0.717) is 17.4 Å². The average Bonchev–Trinajstić information content (AvgIpc) is 3.40. The highest BCUT2D eigenvalue weighted by Gasteiger charge is 2.25. The van der Waals surface area contributed by atoms with Crippen molar-refractivity contribution in [3.8, 4) is 0 Å². The molecule has 0 saturated carbocycles. The molecule has 2 unspecified atom stereocenters. The van der Waals surface area contributed by atoms with Gasteiger partial charge in [0.05, 0.1) is 34.4 Å². The second-order valence-electron chi connectivity index (χ2n) is 23.1. The van der Waals surface area contributed by atoms with Crippen molar-refractivity contribution in [2.24, 2.45) is 0 Å². The number of carboxylic acids is 1. The smallest absolute Gasteiger partial charge is 0.361 e. The highest BCUT2D eigenvalue weighted by molar-refractivity contribution is 5.71. The van der Waals surface area contributed by atoms with Gasteiger partial charge in [0.15, 0.2) is 6.10 Å². The summed E-state index contributed by atoms with van der Waals surface area (Å²) in [5, 5.41) is 9.70. The Morgan fingerprint density at radius 1 is 0.403 bits per heavy atom. The molecule has 0 saturated heterocycles. The molecule has 2 atom stereocenters. The van der Waals surface area contributed by atoms with Crippen LogP contribution in [-0.4, -0.2) is 87.4 Å². The molecule has 1 N–H and O–H groups in total. The van der Waals surface area contributed by atoms with Crippen molar-refractivity contribution in [3.05, 3.63) is 60.8 Å². The van der Waals surface area contributed by atoms with E-state index in [9.17, 15) is 19.5 Å². The number of esters is 2. The van der Waals surface area contributed by atoms with Gasteiger partial charge in [0.25, 0.3) is 6.29 Å². The van der Waals surface area contributed by atoms with Crippen molar-refractivity contribution < 1.29 is 42.9 Å². The van der Waals surface area contributed by atoms with Crippen molar-refractivity contribution in [2.45, 2.75) is 309 Å². The molecule has 0 aliphatic rings. The number of hydrogen-bond acceptors (Lipinski definition) is 7. The Kier molecular flexibility index (Phi) is 56.8. The molecule has 0 spiro atoms. The zero-order valence-corrected chi connectivity index (χ0v) is 51.1. The van der Waals surface area contributed by atoms with E-state index in [1.54, 1.807) is 0 Å². The van der Waals surface area contributed by atoms with Gasteiger partial charge in [0, 0.05) is 12.8 Å². The number of carboxylic acid groups (broad SMARTS) is 1. The lowest BCUT2D eigenvalue weighted by atomic mass is 10.0. The van der Waals surface area contributed by atoms with E-state index in [0.717, 1.165) is 70.6 Å². The van der Waals surface area contributed by atoms with Gasteiger partial charge in [-0.2, -0.15) is 0 Å². The minimum atomic E-state index is -1.51. The van der Waals surface area contributed by atoms with E-state index in [1.807, 2.05) is 21.1 Å². The maximum atomic E-state index is 12.9. The van der Waals surface area contributed by atoms with Crippen LogP contribution in [0.4, 0.5) is 0 Å². The van der Waals surface area contributed by atoms with Crippen LogP contribution in [0.15, 0.2) is 60.8 Å². The van der Waals surface area contributed by atoms with Crippen LogP contribution >= 0.6 is 0 Å². The number of carbonyl (C=O) groups excluding carboxylic acids is 2. The first-order valence-corrected chi connectivity index (χ1v) is 32.5. The molecule has 77 heavy (non-hydrogen) atoms. The molecule has 0 aromatic carbocycles. The lowest BCUT2D eigenvalue weighted by Crippen LogP contribution is -2.40. The van der Waals surface area contributed by atoms with Crippen LogP contribution in [0.2, 0.25) is 0 Å². The van der Waals surface area contributed by atoms with Crippen LogP contribution < -0.4 is 0 Å². The summed E-state index contributed by atoms with van der Waals surface area (Å²) in [6, 6.07) is 0. The van der Waals surface area contributed by atoms with Crippen molar-refractivity contribution in [2.75, 3.05) is 47.5 Å². The minimum Gasteiger partial charge on any atom is -0.477 e. The van der Waals surface area contributed by atoms with Gasteiger partial charge >= 0.3 is 17.9 Å². The first kappa shape index (κ1) is 74.0. The molecule has 0 aliphatic heterocycles. The molecule has 0 radical (unpaired) electrons. The van der Waals surface area contributed by atoms with Crippen molar-refractivity contribution in [1.82, 2.24) is 0 Å². The number of allylic oxidation sites excluding steroid dienone is 10. The van der Waals surface area contributed by atoms with Crippen LogP contribution in [0.1, 0.15) is 296 Å². The quantitative estimate of drug-likeness (QED) is 0.0211. The highest BCUT2D eigenvalue weighted by atomic mass is 16.7. The molecule has 0 heterocycles. The van der Waals surface area contributed by atoms with Gasteiger partial charge in [-0.1, -0.05) is 286 Å². The molecular weight excluding hydrogens is 959 g/mol. The monoisotopic (exact) mass is 1080 g/mol. The Morgan fingerprint density at radius 3 is 1.10 bits per heavy atom. The second kappa shape index (κ2) is 59.1. The summed E-state index contributed by atoms with van der Waals surface area (Å²) in [7, 11) is 5.98. The molecule has 448 valence electrons. The molecule has 0 aliphatic carbocycles. The Bertz CT molecular complexity index is 1450. The molecule has 9 heteroatoms. The number of nitrogens with zero attached hydrogens (tertiary/aromatic N) is 1. The van der Waals surface area contributed by atoms with E-state index in [4.69, 9.17) is 18.9 Å². The van der Waals surface area contributed by atoms with E-state index in [2.05, 4.69) is 74.6 Å². The lowest BCUT2D eigenvalue weighted by molar-refractivity contribution is -0.870. The van der Waals surface area contributed by atoms with Gasteiger partial charge in [0.2, 0.25) is 0 Å². The number of unbranched alkanes of at least 4 members (excludes halogenated alkanes) is 35. The predicted molar refractivity (Wildman–Crippen MR) is 327 cm³/mol. The van der Waals surface area contributed by atoms with E-state index in [1.165, 1.54) is 199 Å². The van der Waals surface area contributed by atoms with Crippen LogP contribution in [0.25, 0.3) is 0 Å². The zero-order chi connectivity index (χ0) is 56.2. The summed E-state index contributed by atoms with van der Waals surface area (Å²) in [5.74, 6) is -1.98. The molecule has 0 bridgehead atoms. The van der Waals surface area contributed by atoms with Crippen molar-refractivity contribution in [3.63, 3.8) is 0 Å². The number of hydrogen-bond donors (Lipinski definition) is 1. The maximum absolute atomic E-state index is 12.9. The first-order chi connectivity index (χ1) is 37.6. The van der Waals surface area contributed by atoms with Crippen LogP contribution in [0.3, 0.4) is 0 Å². The lowest BCUT2D eigenvalue weighted by Gasteiger charge is -2.25. The minimum absolute atomic E-state index is 0.177. The largest absolute Gasteiger partial charge is 0.477 e. The number of rotatable bonds is 60. The fourth-order valence-electron chi connectivity index (χ4n) is 9.34. The molecular formula is C68H124NO8+. The second-order valence-corrected chi connectivity index (χ2v) is 23.1. The third-order valence-corrected chi connectivity index (χ3v) is 14.3. The van der Waals surface area contributed by atoms with Gasteiger partial charge in [-0.15, -0.1) is 0 Å². The summed E-state index contributed by atoms with van der Waals surface area (Å²) in [6.45, 7) is 4.80. The molecule has 0 amide bonds. The highest BCUT2D eigenvalue weighted by Crippen LogP contribution is 2.18. The Morgan fingerprint density at radius 2 is 0.740 bits per heavy atom. The number of aliphatic carboxylic acids is 1. The molecule has 0 aromatic rings. The summed E-state index contributed by atoms with van der Waals surface area (Å²) < 4.78 is 22.9. The van der Waals surface area contributed by atoms with Crippen molar-refractivity contribution in [1.29, 1.82) is 0 Å². The normalized spacial score (nSPS) is 13.1. The number of carbonyl (C=O) groups is 3. The maximum Gasteiger partial charge on any atom is 0.361 e. The third kappa shape index (κ3) is 60.5. The molecule has 0 rings (SSSR count). The first-order valence-electron chi connectivity index (χ1n) is 32.5. The van der Waals surface area contributed by atoms with Crippen LogP contribution in [0.5, 0.6) is 0 Å². The van der Waals surface area contributed by atoms with E-state index < -0.39 is 18.4 Å². The van der Waals surface area contributed by atoms with Gasteiger partial charge in [0.1, 0.15) is 13.2 Å². The average molecular weight is 1080 g/mol. The van der Waals surface area contributed by atoms with Gasteiger partial charge in [-0.25, -0.2) is 4.79 Å². The Balaban J connectivity index is 3.94. The van der Waals surface area contributed by atoms with Crippen LogP contribution in [0, 0.1) is 0 Å². The van der Waals surface area contributed by atoms with Gasteiger partial charge in [-0.05, 0) is 57.8 Å². The predicted octanol–water partition coefficient (Wildman–Crippen LogP) is 19.6. The topological polar surface area (TPSA) is 108 Å². The van der Waals surface area contributed by atoms with E-state index in [-0.39, 0.29) is 38.2 Å². The molecule has 9 nitrogen and oxygen atoms in total. The summed E-state index contributed by atoms with van der Waals surface area (Å²) in [4.78, 5) is 37.4. The molecule has 0 aromatic heterocycles. The Labute approximate surface area is 475 Å². The number of ether oxygens (including phenoxy) is 4. The fourth-order valence-corrected chi connectivity index (χ4v) is 9.34. The SMILES string of the molecule is CC/C=C\C/C=C\C/C=C\C/C=C\C/C=C\CCCCCCCCCCCCCCCCCCCCCCCCCC(=O)OC(COC(=O)CCCCCCCCCCCCCCC)COC(OCC[N+](C)(C)C)C(=O)O. The van der Waals surface area contributed by atoms with Gasteiger partial charge < -0.3 is 28.5 Å². The zero-order valence-electron chi connectivity index (χ0n) is 51.1. The Hall–Kier alpha value is -3.01. The number of likely N-dealkylation sites (N-methyl/N-ethyl adjacent to an activating group) is 1. The standard InChI is InChI=1S/C68H123NO8/c1-6-8-10-12-14-16-18-20-21-22-23-24-25-26-27-28-29-30-31-32-33-34-35-36-37-38-39-40-41-42-43-44-45-47-49-51-53-55-57-59-66(71)77-64(63-76-68(67(72)73)74-61-60-69(3,4)5)62-75-65(70)58-56-54-52-50-48-46-19-17-15-13-11-9-7-2/h8,10,14,16,20-21,23-24,26-27,64,68H,6-7,9,11-13,15,17-19,22,25,28-63H2,1-5H3/p+1/b10-8-,16-14-,21-20-,24-23-,27-26-. The fraction of sp³-hybridized carbons (Fsp3) is 0.809. The summed E-state index contributed by atoms with van der Waals surface area (Å²) in [5.41, 5.74) is 0.